The molecule has 0 heterocycles. The third-order valence-corrected chi connectivity index (χ3v) is 3.53. The van der Waals surface area contributed by atoms with Crippen LogP contribution in [0.15, 0.2) is 48.5 Å². The summed E-state index contributed by atoms with van der Waals surface area (Å²) in [6, 6.07) is 12.2. The maximum Gasteiger partial charge on any atom is 0.344 e. The van der Waals surface area contributed by atoms with E-state index in [9.17, 15) is 19.7 Å². The molecule has 0 aromatic heterocycles. The fourth-order valence-electron chi connectivity index (χ4n) is 2.27. The minimum Gasteiger partial charge on any atom is -0.494 e. The smallest absolute Gasteiger partial charge is 0.344 e. The van der Waals surface area contributed by atoms with Gasteiger partial charge in [0.2, 0.25) is 5.78 Å². The summed E-state index contributed by atoms with van der Waals surface area (Å²) in [5.41, 5.74) is 0.113. The van der Waals surface area contributed by atoms with E-state index in [1.807, 2.05) is 6.92 Å². The van der Waals surface area contributed by atoms with Gasteiger partial charge >= 0.3 is 11.7 Å². The highest BCUT2D eigenvalue weighted by molar-refractivity contribution is 6.00. The number of benzene rings is 2. The minimum absolute atomic E-state index is 0.0510. The maximum atomic E-state index is 12.3. The largest absolute Gasteiger partial charge is 0.494 e. The Kier molecular flexibility index (Phi) is 6.87. The summed E-state index contributed by atoms with van der Waals surface area (Å²) < 4.78 is 15.5. The van der Waals surface area contributed by atoms with Gasteiger partial charge in [0.1, 0.15) is 5.75 Å². The van der Waals surface area contributed by atoms with Gasteiger partial charge in [-0.2, -0.15) is 0 Å². The van der Waals surface area contributed by atoms with Crippen molar-refractivity contribution in [2.45, 2.75) is 20.0 Å². The fraction of sp³-hybridized carbons (Fsp3) is 0.263. The average molecular weight is 373 g/mol. The van der Waals surface area contributed by atoms with Crippen LogP contribution < -0.4 is 9.47 Å². The molecule has 0 amide bonds. The Labute approximate surface area is 155 Å². The molecule has 0 aliphatic rings. The number of carbonyl (C=O) groups excluding carboxylic acids is 2. The van der Waals surface area contributed by atoms with Crippen molar-refractivity contribution in [3.05, 3.63) is 64.2 Å². The highest BCUT2D eigenvalue weighted by Gasteiger charge is 2.21. The van der Waals surface area contributed by atoms with Crippen molar-refractivity contribution in [2.24, 2.45) is 0 Å². The van der Waals surface area contributed by atoms with Gasteiger partial charge in [0.15, 0.2) is 18.5 Å². The molecule has 0 aliphatic heterocycles. The summed E-state index contributed by atoms with van der Waals surface area (Å²) in [7, 11) is 0. The molecule has 8 nitrogen and oxygen atoms in total. The van der Waals surface area contributed by atoms with Crippen molar-refractivity contribution in [2.75, 3.05) is 13.2 Å². The van der Waals surface area contributed by atoms with Crippen LogP contribution in [0.25, 0.3) is 0 Å². The first-order chi connectivity index (χ1) is 12.9. The van der Waals surface area contributed by atoms with E-state index in [-0.39, 0.29) is 17.2 Å². The predicted octanol–water partition coefficient (Wildman–Crippen LogP) is 3.19. The van der Waals surface area contributed by atoms with E-state index in [0.29, 0.717) is 17.9 Å². The number of rotatable bonds is 9. The molecule has 0 aliphatic carbocycles. The molecular weight excluding hydrogens is 354 g/mol. The van der Waals surface area contributed by atoms with Gasteiger partial charge in [-0.05, 0) is 44.2 Å². The SMILES string of the molecule is CCOc1ccc(C(=O)[C@@H](C)OC(=O)COc2ccccc2[N+](=O)[O-])cc1. The van der Waals surface area contributed by atoms with Crippen LogP contribution in [0.4, 0.5) is 5.69 Å². The van der Waals surface area contributed by atoms with Gasteiger partial charge < -0.3 is 14.2 Å². The van der Waals surface area contributed by atoms with Gasteiger partial charge in [0.25, 0.3) is 0 Å². The van der Waals surface area contributed by atoms with Crippen molar-refractivity contribution in [3.63, 3.8) is 0 Å². The van der Waals surface area contributed by atoms with Crippen LogP contribution in [0.2, 0.25) is 0 Å². The third-order valence-electron chi connectivity index (χ3n) is 3.53. The lowest BCUT2D eigenvalue weighted by Gasteiger charge is -2.13. The second kappa shape index (κ2) is 9.33. The van der Waals surface area contributed by atoms with Gasteiger partial charge in [-0.1, -0.05) is 12.1 Å². The summed E-state index contributed by atoms with van der Waals surface area (Å²) in [5.74, 6) is -0.599. The van der Waals surface area contributed by atoms with Crippen LogP contribution in [0.1, 0.15) is 24.2 Å². The molecule has 2 rings (SSSR count). The Balaban J connectivity index is 1.91. The molecule has 1 atom stereocenters. The quantitative estimate of drug-likeness (QED) is 0.288. The zero-order valence-corrected chi connectivity index (χ0v) is 14.9. The van der Waals surface area contributed by atoms with E-state index in [4.69, 9.17) is 14.2 Å². The summed E-state index contributed by atoms with van der Waals surface area (Å²) in [6.45, 7) is 3.26. The zero-order chi connectivity index (χ0) is 19.8. The molecular formula is C19H19NO7. The highest BCUT2D eigenvalue weighted by Crippen LogP contribution is 2.25. The Morgan fingerprint density at radius 1 is 1.07 bits per heavy atom. The van der Waals surface area contributed by atoms with Crippen molar-refractivity contribution < 1.29 is 28.7 Å². The second-order valence-corrected chi connectivity index (χ2v) is 5.47. The minimum atomic E-state index is -1.02. The normalized spacial score (nSPS) is 11.3. The number of hydrogen-bond donors (Lipinski definition) is 0. The maximum absolute atomic E-state index is 12.3. The van der Waals surface area contributed by atoms with Crippen LogP contribution in [0.5, 0.6) is 11.5 Å². The number of ketones is 1. The molecule has 0 saturated heterocycles. The van der Waals surface area contributed by atoms with Crippen molar-refractivity contribution in [3.8, 4) is 11.5 Å². The third kappa shape index (κ3) is 5.53. The molecule has 27 heavy (non-hydrogen) atoms. The molecule has 8 heteroatoms. The first-order valence-corrected chi connectivity index (χ1v) is 8.25. The van der Waals surface area contributed by atoms with Crippen molar-refractivity contribution >= 4 is 17.4 Å². The van der Waals surface area contributed by atoms with E-state index in [1.54, 1.807) is 30.3 Å². The van der Waals surface area contributed by atoms with E-state index < -0.39 is 23.6 Å². The summed E-state index contributed by atoms with van der Waals surface area (Å²) >= 11 is 0. The lowest BCUT2D eigenvalue weighted by molar-refractivity contribution is -0.385. The number of ether oxygens (including phenoxy) is 3. The van der Waals surface area contributed by atoms with Crippen LogP contribution in [-0.2, 0) is 9.53 Å². The Morgan fingerprint density at radius 3 is 2.37 bits per heavy atom. The van der Waals surface area contributed by atoms with E-state index in [2.05, 4.69) is 0 Å². The van der Waals surface area contributed by atoms with E-state index in [1.165, 1.54) is 25.1 Å². The van der Waals surface area contributed by atoms with Gasteiger partial charge in [0.05, 0.1) is 11.5 Å². The summed E-state index contributed by atoms with van der Waals surface area (Å²) in [5, 5.41) is 10.9. The van der Waals surface area contributed by atoms with Crippen LogP contribution in [0, 0.1) is 10.1 Å². The number of hydrogen-bond acceptors (Lipinski definition) is 7. The molecule has 0 N–H and O–H groups in total. The summed E-state index contributed by atoms with van der Waals surface area (Å²) in [4.78, 5) is 34.5. The number of esters is 1. The monoisotopic (exact) mass is 373 g/mol. The molecule has 0 saturated carbocycles. The summed E-state index contributed by atoms with van der Waals surface area (Å²) in [6.07, 6.45) is -1.02. The molecule has 142 valence electrons. The van der Waals surface area contributed by atoms with E-state index in [0.717, 1.165) is 0 Å². The predicted molar refractivity (Wildman–Crippen MR) is 96.1 cm³/mol. The average Bonchev–Trinajstić information content (AvgIpc) is 2.66. The topological polar surface area (TPSA) is 105 Å². The zero-order valence-electron chi connectivity index (χ0n) is 14.9. The number of nitro groups is 1. The van der Waals surface area contributed by atoms with Crippen LogP contribution >= 0.6 is 0 Å². The first kappa shape index (κ1) is 19.9. The lowest BCUT2D eigenvalue weighted by Crippen LogP contribution is -2.27. The molecule has 2 aromatic rings. The Hall–Kier alpha value is -3.42. The highest BCUT2D eigenvalue weighted by atomic mass is 16.6. The molecule has 0 bridgehead atoms. The number of Topliss-reactive ketones (excluding diaryl/α,β-unsaturated/α-hetero) is 1. The fourth-order valence-corrected chi connectivity index (χ4v) is 2.27. The number of para-hydroxylation sites is 2. The molecule has 0 fully saturated rings. The van der Waals surface area contributed by atoms with Crippen molar-refractivity contribution in [1.29, 1.82) is 0 Å². The standard InChI is InChI=1S/C19H19NO7/c1-3-25-15-10-8-14(9-11-15)19(22)13(2)27-18(21)12-26-17-7-5-4-6-16(17)20(23)24/h4-11,13H,3,12H2,1-2H3/t13-/m1/s1. The van der Waals surface area contributed by atoms with Crippen LogP contribution in [-0.4, -0.2) is 36.0 Å². The Morgan fingerprint density at radius 2 is 1.74 bits per heavy atom. The van der Waals surface area contributed by atoms with Crippen molar-refractivity contribution in [1.82, 2.24) is 0 Å². The second-order valence-electron chi connectivity index (χ2n) is 5.47. The van der Waals surface area contributed by atoms with Gasteiger partial charge in [-0.25, -0.2) is 4.79 Å². The van der Waals surface area contributed by atoms with E-state index >= 15 is 0 Å². The molecule has 0 radical (unpaired) electrons. The lowest BCUT2D eigenvalue weighted by atomic mass is 10.1. The molecule has 0 unspecified atom stereocenters. The van der Waals surface area contributed by atoms with Gasteiger partial charge in [-0.15, -0.1) is 0 Å². The number of carbonyl (C=O) groups is 2. The number of nitro benzene ring substituents is 1. The molecule has 0 spiro atoms. The first-order valence-electron chi connectivity index (χ1n) is 8.25. The molecule has 2 aromatic carbocycles. The Bertz CT molecular complexity index is 817. The van der Waals surface area contributed by atoms with Gasteiger partial charge in [-0.3, -0.25) is 14.9 Å². The van der Waals surface area contributed by atoms with Gasteiger partial charge in [0, 0.05) is 11.6 Å². The van der Waals surface area contributed by atoms with Crippen LogP contribution in [0.3, 0.4) is 0 Å². The number of nitrogens with zero attached hydrogens (tertiary/aromatic N) is 1.